The Kier molecular flexibility index (Phi) is 4.95. The molecule has 3 N–H and O–H groups in total. The van der Waals surface area contributed by atoms with Crippen molar-refractivity contribution in [1.29, 1.82) is 0 Å². The summed E-state index contributed by atoms with van der Waals surface area (Å²) in [5, 5.41) is 3.44. The standard InChI is InChI=1S/C14H21IN2/c15-12-7-8-14(13(16)10-12)17-9-3-6-11-4-1-2-5-11/h7-8,10-11,17H,1-6,9,16H2. The van der Waals surface area contributed by atoms with Crippen LogP contribution in [-0.4, -0.2) is 6.54 Å². The fraction of sp³-hybridized carbons (Fsp3) is 0.571. The summed E-state index contributed by atoms with van der Waals surface area (Å²) in [6, 6.07) is 6.18. The summed E-state index contributed by atoms with van der Waals surface area (Å²) >= 11 is 2.28. The molecule has 17 heavy (non-hydrogen) atoms. The quantitative estimate of drug-likeness (QED) is 0.476. The fourth-order valence-corrected chi connectivity index (χ4v) is 3.12. The van der Waals surface area contributed by atoms with Crippen LogP contribution in [0.15, 0.2) is 18.2 Å². The number of nitrogens with two attached hydrogens (primary N) is 1. The lowest BCUT2D eigenvalue weighted by atomic mass is 10.0. The first-order valence-electron chi connectivity index (χ1n) is 6.54. The van der Waals surface area contributed by atoms with E-state index >= 15 is 0 Å². The number of nitrogens with one attached hydrogen (secondary N) is 1. The summed E-state index contributed by atoms with van der Waals surface area (Å²) in [5.74, 6) is 0.992. The third-order valence-electron chi connectivity index (χ3n) is 3.59. The van der Waals surface area contributed by atoms with Gasteiger partial charge < -0.3 is 11.1 Å². The first-order chi connectivity index (χ1) is 8.25. The first kappa shape index (κ1) is 13.0. The van der Waals surface area contributed by atoms with Crippen LogP contribution in [0.25, 0.3) is 0 Å². The molecule has 1 saturated carbocycles. The van der Waals surface area contributed by atoms with Gasteiger partial charge in [-0.05, 0) is 59.5 Å². The number of rotatable bonds is 5. The van der Waals surface area contributed by atoms with E-state index in [2.05, 4.69) is 40.0 Å². The lowest BCUT2D eigenvalue weighted by molar-refractivity contribution is 0.491. The van der Waals surface area contributed by atoms with E-state index in [1.54, 1.807) is 0 Å². The molecule has 3 heteroatoms. The molecule has 0 amide bonds. The molecule has 0 atom stereocenters. The van der Waals surface area contributed by atoms with Gasteiger partial charge in [-0.1, -0.05) is 25.7 Å². The fourth-order valence-electron chi connectivity index (χ4n) is 2.61. The summed E-state index contributed by atoms with van der Waals surface area (Å²) in [6.07, 6.45) is 8.43. The van der Waals surface area contributed by atoms with Gasteiger partial charge in [0.25, 0.3) is 0 Å². The van der Waals surface area contributed by atoms with Crippen LogP contribution in [0.5, 0.6) is 0 Å². The van der Waals surface area contributed by atoms with E-state index in [1.807, 2.05) is 6.07 Å². The molecule has 0 spiro atoms. The van der Waals surface area contributed by atoms with E-state index in [9.17, 15) is 0 Å². The summed E-state index contributed by atoms with van der Waals surface area (Å²) < 4.78 is 1.19. The van der Waals surface area contributed by atoms with Crippen LogP contribution in [0.3, 0.4) is 0 Å². The third kappa shape index (κ3) is 4.05. The molecule has 0 aromatic heterocycles. The topological polar surface area (TPSA) is 38.0 Å². The molecule has 0 aliphatic heterocycles. The van der Waals surface area contributed by atoms with Gasteiger partial charge in [-0.2, -0.15) is 0 Å². The summed E-state index contributed by atoms with van der Waals surface area (Å²) in [5.41, 5.74) is 7.90. The Bertz CT molecular complexity index is 359. The molecule has 1 aromatic carbocycles. The Hall–Kier alpha value is -0.450. The van der Waals surface area contributed by atoms with Gasteiger partial charge in [-0.3, -0.25) is 0 Å². The molecule has 2 rings (SSSR count). The minimum Gasteiger partial charge on any atom is -0.397 e. The molecule has 1 fully saturated rings. The Morgan fingerprint density at radius 2 is 2.06 bits per heavy atom. The summed E-state index contributed by atoms with van der Waals surface area (Å²) in [7, 11) is 0. The van der Waals surface area contributed by atoms with Gasteiger partial charge >= 0.3 is 0 Å². The van der Waals surface area contributed by atoms with E-state index in [0.717, 1.165) is 23.8 Å². The molecule has 1 aliphatic carbocycles. The van der Waals surface area contributed by atoms with Crippen LogP contribution in [0.2, 0.25) is 0 Å². The number of hydrogen-bond donors (Lipinski definition) is 2. The molecule has 0 radical (unpaired) electrons. The number of halogens is 1. The predicted molar refractivity (Wildman–Crippen MR) is 83.3 cm³/mol. The van der Waals surface area contributed by atoms with Crippen LogP contribution < -0.4 is 11.1 Å². The zero-order valence-electron chi connectivity index (χ0n) is 10.2. The van der Waals surface area contributed by atoms with Gasteiger partial charge in [-0.15, -0.1) is 0 Å². The number of nitrogen functional groups attached to an aromatic ring is 1. The molecule has 0 unspecified atom stereocenters. The van der Waals surface area contributed by atoms with Crippen LogP contribution in [-0.2, 0) is 0 Å². The second-order valence-corrected chi connectivity index (χ2v) is 6.20. The lowest BCUT2D eigenvalue weighted by Crippen LogP contribution is -2.06. The Labute approximate surface area is 117 Å². The number of benzene rings is 1. The highest BCUT2D eigenvalue weighted by Gasteiger charge is 2.13. The molecule has 0 heterocycles. The predicted octanol–water partition coefficient (Wildman–Crippen LogP) is 4.26. The van der Waals surface area contributed by atoms with E-state index in [0.29, 0.717) is 0 Å². The van der Waals surface area contributed by atoms with Gasteiger partial charge in [0.15, 0.2) is 0 Å². The van der Waals surface area contributed by atoms with Crippen molar-refractivity contribution in [3.63, 3.8) is 0 Å². The van der Waals surface area contributed by atoms with E-state index in [1.165, 1.54) is 42.1 Å². The molecule has 1 aliphatic rings. The van der Waals surface area contributed by atoms with Crippen molar-refractivity contribution in [3.05, 3.63) is 21.8 Å². The van der Waals surface area contributed by atoms with E-state index in [-0.39, 0.29) is 0 Å². The van der Waals surface area contributed by atoms with Crippen molar-refractivity contribution in [3.8, 4) is 0 Å². The lowest BCUT2D eigenvalue weighted by Gasteiger charge is -2.11. The van der Waals surface area contributed by atoms with Crippen LogP contribution >= 0.6 is 22.6 Å². The van der Waals surface area contributed by atoms with Crippen molar-refractivity contribution in [2.75, 3.05) is 17.6 Å². The van der Waals surface area contributed by atoms with Crippen molar-refractivity contribution < 1.29 is 0 Å². The van der Waals surface area contributed by atoms with Crippen LogP contribution in [0, 0.1) is 9.49 Å². The third-order valence-corrected chi connectivity index (χ3v) is 4.26. The summed E-state index contributed by atoms with van der Waals surface area (Å²) in [6.45, 7) is 1.04. The van der Waals surface area contributed by atoms with E-state index < -0.39 is 0 Å². The maximum Gasteiger partial charge on any atom is 0.0574 e. The molecule has 0 saturated heterocycles. The molecule has 0 bridgehead atoms. The Morgan fingerprint density at radius 3 is 2.76 bits per heavy atom. The SMILES string of the molecule is Nc1cc(I)ccc1NCCCC1CCCC1. The van der Waals surface area contributed by atoms with Gasteiger partial charge in [0, 0.05) is 10.1 Å². The van der Waals surface area contributed by atoms with Crippen LogP contribution in [0.4, 0.5) is 11.4 Å². The van der Waals surface area contributed by atoms with Crippen molar-refractivity contribution in [2.24, 2.45) is 5.92 Å². The van der Waals surface area contributed by atoms with Crippen molar-refractivity contribution in [2.45, 2.75) is 38.5 Å². The smallest absolute Gasteiger partial charge is 0.0574 e. The van der Waals surface area contributed by atoms with Crippen molar-refractivity contribution in [1.82, 2.24) is 0 Å². The highest BCUT2D eigenvalue weighted by atomic mass is 127. The molecule has 94 valence electrons. The van der Waals surface area contributed by atoms with Gasteiger partial charge in [0.2, 0.25) is 0 Å². The number of anilines is 2. The molecule has 1 aromatic rings. The number of hydrogen-bond acceptors (Lipinski definition) is 2. The molecule has 2 nitrogen and oxygen atoms in total. The van der Waals surface area contributed by atoms with Gasteiger partial charge in [0.1, 0.15) is 0 Å². The maximum atomic E-state index is 5.96. The maximum absolute atomic E-state index is 5.96. The average molecular weight is 344 g/mol. The first-order valence-corrected chi connectivity index (χ1v) is 7.62. The van der Waals surface area contributed by atoms with Gasteiger partial charge in [-0.25, -0.2) is 0 Å². The van der Waals surface area contributed by atoms with Crippen LogP contribution in [0.1, 0.15) is 38.5 Å². The van der Waals surface area contributed by atoms with Gasteiger partial charge in [0.05, 0.1) is 11.4 Å². The minimum atomic E-state index is 0.859. The zero-order valence-corrected chi connectivity index (χ0v) is 12.4. The summed E-state index contributed by atoms with van der Waals surface area (Å²) in [4.78, 5) is 0. The largest absolute Gasteiger partial charge is 0.397 e. The second kappa shape index (κ2) is 6.47. The monoisotopic (exact) mass is 344 g/mol. The zero-order chi connectivity index (χ0) is 12.1. The molecular weight excluding hydrogens is 323 g/mol. The van der Waals surface area contributed by atoms with Crippen molar-refractivity contribution >= 4 is 34.0 Å². The Morgan fingerprint density at radius 1 is 1.29 bits per heavy atom. The molecular formula is C14H21IN2. The highest BCUT2D eigenvalue weighted by Crippen LogP contribution is 2.28. The second-order valence-electron chi connectivity index (χ2n) is 4.95. The Balaban J connectivity index is 1.70. The normalized spacial score (nSPS) is 16.3. The highest BCUT2D eigenvalue weighted by molar-refractivity contribution is 14.1. The minimum absolute atomic E-state index is 0.859. The average Bonchev–Trinajstić information content (AvgIpc) is 2.79. The van der Waals surface area contributed by atoms with E-state index in [4.69, 9.17) is 5.73 Å².